The van der Waals surface area contributed by atoms with Crippen molar-refractivity contribution in [3.05, 3.63) is 42.0 Å². The van der Waals surface area contributed by atoms with Gasteiger partial charge in [0.05, 0.1) is 13.2 Å². The Balaban J connectivity index is 2.13. The van der Waals surface area contributed by atoms with Crippen LogP contribution in [0.4, 0.5) is 0 Å². The summed E-state index contributed by atoms with van der Waals surface area (Å²) in [4.78, 5) is 15.5. The number of ether oxygens (including phenoxy) is 2. The van der Waals surface area contributed by atoms with Gasteiger partial charge in [-0.05, 0) is 19.1 Å². The predicted molar refractivity (Wildman–Crippen MR) is 77.0 cm³/mol. The topological polar surface area (TPSA) is 73.6 Å². The molecule has 0 bridgehead atoms. The van der Waals surface area contributed by atoms with E-state index in [9.17, 15) is 9.90 Å². The number of para-hydroxylation sites is 1. The highest BCUT2D eigenvalue weighted by Gasteiger charge is 2.16. The van der Waals surface area contributed by atoms with Crippen LogP contribution in [0, 0.1) is 0 Å². The van der Waals surface area contributed by atoms with Gasteiger partial charge in [0.2, 0.25) is 0 Å². The lowest BCUT2D eigenvalue weighted by molar-refractivity contribution is 0.0691. The third-order valence-electron chi connectivity index (χ3n) is 3.00. The quantitative estimate of drug-likeness (QED) is 0.845. The van der Waals surface area contributed by atoms with Crippen molar-refractivity contribution in [3.63, 3.8) is 0 Å². The smallest absolute Gasteiger partial charge is 0.339 e. The number of aromatic nitrogens is 2. The number of nitrogens with zero attached hydrogens (tertiary/aromatic N) is 2. The van der Waals surface area contributed by atoms with Gasteiger partial charge in [0.25, 0.3) is 0 Å². The van der Waals surface area contributed by atoms with Crippen molar-refractivity contribution >= 4 is 5.97 Å². The Hall–Kier alpha value is -2.50. The lowest BCUT2D eigenvalue weighted by Gasteiger charge is -2.14. The predicted octanol–water partition coefficient (Wildman–Crippen LogP) is 2.14. The van der Waals surface area contributed by atoms with Gasteiger partial charge < -0.3 is 19.1 Å². The summed E-state index contributed by atoms with van der Waals surface area (Å²) in [7, 11) is 1.90. The maximum absolute atomic E-state index is 11.3. The molecule has 112 valence electrons. The number of imidazole rings is 1. The standard InChI is InChI=1S/C15H18N2O4/c1-3-20-12-6-4-5-11(15(18)19)14(12)21-10-7-13-16-8-9-17(13)2/h4-6,8-9H,3,7,10H2,1-2H3,(H,18,19). The van der Waals surface area contributed by atoms with Crippen LogP contribution >= 0.6 is 0 Å². The van der Waals surface area contributed by atoms with Crippen LogP contribution in [-0.2, 0) is 13.5 Å². The SMILES string of the molecule is CCOc1cccc(C(=O)O)c1OCCc1nccn1C. The summed E-state index contributed by atoms with van der Waals surface area (Å²) >= 11 is 0. The van der Waals surface area contributed by atoms with Gasteiger partial charge in [-0.25, -0.2) is 9.78 Å². The molecule has 1 aromatic carbocycles. The van der Waals surface area contributed by atoms with E-state index in [0.717, 1.165) is 5.82 Å². The fourth-order valence-electron chi connectivity index (χ4n) is 1.98. The Labute approximate surface area is 122 Å². The Morgan fingerprint density at radius 1 is 1.38 bits per heavy atom. The minimum absolute atomic E-state index is 0.0980. The number of aryl methyl sites for hydroxylation is 1. The highest BCUT2D eigenvalue weighted by molar-refractivity contribution is 5.92. The zero-order chi connectivity index (χ0) is 15.2. The first kappa shape index (κ1) is 14.9. The summed E-state index contributed by atoms with van der Waals surface area (Å²) in [5, 5.41) is 9.23. The molecule has 1 aromatic heterocycles. The third-order valence-corrected chi connectivity index (χ3v) is 3.00. The lowest BCUT2D eigenvalue weighted by atomic mass is 10.2. The van der Waals surface area contributed by atoms with Crippen LogP contribution in [0.5, 0.6) is 11.5 Å². The van der Waals surface area contributed by atoms with E-state index in [1.807, 2.05) is 24.7 Å². The summed E-state index contributed by atoms with van der Waals surface area (Å²) in [5.74, 6) is 0.544. The number of carboxylic acid groups (broad SMARTS) is 1. The Morgan fingerprint density at radius 3 is 2.81 bits per heavy atom. The first-order valence-corrected chi connectivity index (χ1v) is 6.71. The number of carbonyl (C=O) groups is 1. The van der Waals surface area contributed by atoms with Crippen LogP contribution in [0.1, 0.15) is 23.1 Å². The second kappa shape index (κ2) is 6.78. The van der Waals surface area contributed by atoms with Gasteiger partial charge in [-0.3, -0.25) is 0 Å². The molecule has 0 saturated heterocycles. The van der Waals surface area contributed by atoms with E-state index in [2.05, 4.69) is 4.98 Å². The summed E-state index contributed by atoms with van der Waals surface area (Å²) in [6, 6.07) is 4.84. The van der Waals surface area contributed by atoms with Crippen molar-refractivity contribution in [2.45, 2.75) is 13.3 Å². The van der Waals surface area contributed by atoms with Gasteiger partial charge in [-0.15, -0.1) is 0 Å². The third kappa shape index (κ3) is 3.53. The van der Waals surface area contributed by atoms with E-state index in [1.165, 1.54) is 6.07 Å². The molecule has 0 radical (unpaired) electrons. The largest absolute Gasteiger partial charge is 0.490 e. The lowest BCUT2D eigenvalue weighted by Crippen LogP contribution is -2.10. The van der Waals surface area contributed by atoms with Crippen molar-refractivity contribution in [1.29, 1.82) is 0 Å². The molecule has 0 amide bonds. The van der Waals surface area contributed by atoms with Gasteiger partial charge in [-0.2, -0.15) is 0 Å². The summed E-state index contributed by atoms with van der Waals surface area (Å²) in [5.41, 5.74) is 0.0980. The maximum Gasteiger partial charge on any atom is 0.339 e. The van der Waals surface area contributed by atoms with E-state index in [-0.39, 0.29) is 11.3 Å². The van der Waals surface area contributed by atoms with Crippen molar-refractivity contribution in [3.8, 4) is 11.5 Å². The van der Waals surface area contributed by atoms with Crippen LogP contribution in [0.25, 0.3) is 0 Å². The van der Waals surface area contributed by atoms with Gasteiger partial charge in [0.15, 0.2) is 11.5 Å². The minimum Gasteiger partial charge on any atom is -0.490 e. The molecule has 0 unspecified atom stereocenters. The molecule has 0 atom stereocenters. The highest BCUT2D eigenvalue weighted by Crippen LogP contribution is 2.31. The van der Waals surface area contributed by atoms with E-state index < -0.39 is 5.97 Å². The molecule has 0 fully saturated rings. The number of aromatic carboxylic acids is 1. The Morgan fingerprint density at radius 2 is 2.19 bits per heavy atom. The molecule has 6 heteroatoms. The Bertz CT molecular complexity index is 622. The second-order valence-corrected chi connectivity index (χ2v) is 4.42. The summed E-state index contributed by atoms with van der Waals surface area (Å²) in [6.07, 6.45) is 4.15. The van der Waals surface area contributed by atoms with Crippen molar-refractivity contribution in [2.24, 2.45) is 7.05 Å². The maximum atomic E-state index is 11.3. The van der Waals surface area contributed by atoms with Crippen molar-refractivity contribution < 1.29 is 19.4 Å². The molecule has 21 heavy (non-hydrogen) atoms. The zero-order valence-electron chi connectivity index (χ0n) is 12.1. The van der Waals surface area contributed by atoms with Gasteiger partial charge >= 0.3 is 5.97 Å². The fraction of sp³-hybridized carbons (Fsp3) is 0.333. The van der Waals surface area contributed by atoms with Crippen LogP contribution < -0.4 is 9.47 Å². The van der Waals surface area contributed by atoms with Crippen LogP contribution in [-0.4, -0.2) is 33.8 Å². The normalized spacial score (nSPS) is 10.4. The van der Waals surface area contributed by atoms with Gasteiger partial charge in [0.1, 0.15) is 11.4 Å². The molecule has 1 N–H and O–H groups in total. The highest BCUT2D eigenvalue weighted by atomic mass is 16.5. The number of hydrogen-bond donors (Lipinski definition) is 1. The van der Waals surface area contributed by atoms with Gasteiger partial charge in [0, 0.05) is 25.9 Å². The molecule has 1 heterocycles. The van der Waals surface area contributed by atoms with Crippen LogP contribution in [0.2, 0.25) is 0 Å². The molecule has 2 rings (SSSR count). The summed E-state index contributed by atoms with van der Waals surface area (Å²) < 4.78 is 13.0. The first-order valence-electron chi connectivity index (χ1n) is 6.71. The van der Waals surface area contributed by atoms with E-state index in [1.54, 1.807) is 18.3 Å². The van der Waals surface area contributed by atoms with E-state index in [0.29, 0.717) is 25.4 Å². The van der Waals surface area contributed by atoms with E-state index >= 15 is 0 Å². The number of rotatable bonds is 7. The van der Waals surface area contributed by atoms with Crippen molar-refractivity contribution in [2.75, 3.05) is 13.2 Å². The molecule has 0 saturated carbocycles. The molecule has 0 aliphatic rings. The fourth-order valence-corrected chi connectivity index (χ4v) is 1.98. The van der Waals surface area contributed by atoms with E-state index in [4.69, 9.17) is 9.47 Å². The summed E-state index contributed by atoms with van der Waals surface area (Å²) in [6.45, 7) is 2.61. The first-order chi connectivity index (χ1) is 10.1. The number of hydrogen-bond acceptors (Lipinski definition) is 4. The Kier molecular flexibility index (Phi) is 4.81. The number of carboxylic acids is 1. The average molecular weight is 290 g/mol. The zero-order valence-corrected chi connectivity index (χ0v) is 12.1. The molecule has 6 nitrogen and oxygen atoms in total. The molecule has 2 aromatic rings. The van der Waals surface area contributed by atoms with Gasteiger partial charge in [-0.1, -0.05) is 6.07 Å². The molecular weight excluding hydrogens is 272 g/mol. The number of benzene rings is 1. The minimum atomic E-state index is -1.04. The molecular formula is C15H18N2O4. The van der Waals surface area contributed by atoms with Crippen LogP contribution in [0.15, 0.2) is 30.6 Å². The molecule has 0 spiro atoms. The monoisotopic (exact) mass is 290 g/mol. The second-order valence-electron chi connectivity index (χ2n) is 4.42. The van der Waals surface area contributed by atoms with Crippen LogP contribution in [0.3, 0.4) is 0 Å². The molecule has 0 aliphatic carbocycles. The average Bonchev–Trinajstić information content (AvgIpc) is 2.86. The van der Waals surface area contributed by atoms with Crippen molar-refractivity contribution in [1.82, 2.24) is 9.55 Å². The molecule has 0 aliphatic heterocycles.